The number of hydrogen-bond acceptors (Lipinski definition) is 3. The minimum atomic E-state index is -0.302. The number of rotatable bonds is 2. The second-order valence-corrected chi connectivity index (χ2v) is 5.21. The SMILES string of the molecule is Cc1cc(C(=O)Nc2ccc(I)cc2)nc(Cl)n1. The molecule has 0 aliphatic rings. The number of carbonyl (C=O) groups is 1. The molecule has 0 atom stereocenters. The van der Waals surface area contributed by atoms with Crippen LogP contribution in [0.3, 0.4) is 0 Å². The summed E-state index contributed by atoms with van der Waals surface area (Å²) in [5.41, 5.74) is 1.63. The van der Waals surface area contributed by atoms with Gasteiger partial charge in [0.1, 0.15) is 5.69 Å². The Balaban J connectivity index is 2.19. The van der Waals surface area contributed by atoms with Gasteiger partial charge in [0, 0.05) is 15.0 Å². The lowest BCUT2D eigenvalue weighted by Crippen LogP contribution is -2.14. The molecule has 0 unspecified atom stereocenters. The quantitative estimate of drug-likeness (QED) is 0.649. The average molecular weight is 374 g/mol. The van der Waals surface area contributed by atoms with E-state index in [1.165, 1.54) is 0 Å². The molecule has 1 aromatic heterocycles. The Hall–Kier alpha value is -1.21. The van der Waals surface area contributed by atoms with Gasteiger partial charge in [-0.1, -0.05) is 0 Å². The van der Waals surface area contributed by atoms with Gasteiger partial charge in [0.2, 0.25) is 5.28 Å². The van der Waals surface area contributed by atoms with Crippen molar-refractivity contribution in [2.24, 2.45) is 0 Å². The number of benzene rings is 1. The number of aromatic nitrogens is 2. The highest BCUT2D eigenvalue weighted by molar-refractivity contribution is 14.1. The number of nitrogens with zero attached hydrogens (tertiary/aromatic N) is 2. The molecular formula is C12H9ClIN3O. The lowest BCUT2D eigenvalue weighted by Gasteiger charge is -2.05. The zero-order valence-electron chi connectivity index (χ0n) is 9.45. The summed E-state index contributed by atoms with van der Waals surface area (Å²) in [5, 5.41) is 2.82. The first-order chi connectivity index (χ1) is 8.54. The second kappa shape index (κ2) is 5.62. The summed E-state index contributed by atoms with van der Waals surface area (Å²) in [4.78, 5) is 19.7. The van der Waals surface area contributed by atoms with Crippen LogP contribution in [-0.2, 0) is 0 Å². The smallest absolute Gasteiger partial charge is 0.274 e. The fourth-order valence-corrected chi connectivity index (χ4v) is 1.96. The monoisotopic (exact) mass is 373 g/mol. The summed E-state index contributed by atoms with van der Waals surface area (Å²) in [6.07, 6.45) is 0. The van der Waals surface area contributed by atoms with Crippen molar-refractivity contribution < 1.29 is 4.79 Å². The lowest BCUT2D eigenvalue weighted by atomic mass is 10.3. The summed E-state index contributed by atoms with van der Waals surface area (Å²) in [6, 6.07) is 9.07. The van der Waals surface area contributed by atoms with Gasteiger partial charge in [0.05, 0.1) is 0 Å². The third kappa shape index (κ3) is 3.39. The van der Waals surface area contributed by atoms with E-state index in [1.54, 1.807) is 13.0 Å². The molecule has 1 amide bonds. The van der Waals surface area contributed by atoms with Crippen molar-refractivity contribution in [2.45, 2.75) is 6.92 Å². The minimum absolute atomic E-state index is 0.0720. The predicted molar refractivity (Wildman–Crippen MR) is 78.9 cm³/mol. The van der Waals surface area contributed by atoms with Gasteiger partial charge >= 0.3 is 0 Å². The Morgan fingerprint density at radius 1 is 1.28 bits per heavy atom. The summed E-state index contributed by atoms with van der Waals surface area (Å²) in [6.45, 7) is 1.76. The molecule has 1 aromatic carbocycles. The van der Waals surface area contributed by atoms with Crippen LogP contribution in [0.25, 0.3) is 0 Å². The summed E-state index contributed by atoms with van der Waals surface area (Å²) in [7, 11) is 0. The number of nitrogens with one attached hydrogen (secondary N) is 1. The standard InChI is InChI=1S/C12H9ClIN3O/c1-7-6-10(17-12(13)15-7)11(18)16-9-4-2-8(14)3-5-9/h2-6H,1H3,(H,16,18). The Morgan fingerprint density at radius 3 is 2.56 bits per heavy atom. The molecule has 6 heteroatoms. The largest absolute Gasteiger partial charge is 0.321 e. The molecule has 0 radical (unpaired) electrons. The summed E-state index contributed by atoms with van der Waals surface area (Å²) >= 11 is 7.91. The van der Waals surface area contributed by atoms with Crippen LogP contribution in [0.5, 0.6) is 0 Å². The molecule has 1 heterocycles. The van der Waals surface area contributed by atoms with Crippen molar-refractivity contribution in [3.8, 4) is 0 Å². The van der Waals surface area contributed by atoms with E-state index < -0.39 is 0 Å². The van der Waals surface area contributed by atoms with Gasteiger partial charge in [-0.3, -0.25) is 4.79 Å². The number of halogens is 2. The third-order valence-electron chi connectivity index (χ3n) is 2.16. The number of amides is 1. The highest BCUT2D eigenvalue weighted by atomic mass is 127. The van der Waals surface area contributed by atoms with Crippen LogP contribution in [-0.4, -0.2) is 15.9 Å². The lowest BCUT2D eigenvalue weighted by molar-refractivity contribution is 0.102. The number of aryl methyl sites for hydroxylation is 1. The maximum absolute atomic E-state index is 11.9. The molecular weight excluding hydrogens is 365 g/mol. The fourth-order valence-electron chi connectivity index (χ4n) is 1.38. The molecule has 92 valence electrons. The van der Waals surface area contributed by atoms with E-state index in [0.29, 0.717) is 11.4 Å². The van der Waals surface area contributed by atoms with Gasteiger partial charge in [-0.25, -0.2) is 9.97 Å². The van der Waals surface area contributed by atoms with Crippen LogP contribution in [0.15, 0.2) is 30.3 Å². The normalized spacial score (nSPS) is 10.2. The molecule has 2 rings (SSSR count). The van der Waals surface area contributed by atoms with Gasteiger partial charge < -0.3 is 5.32 Å². The molecule has 18 heavy (non-hydrogen) atoms. The van der Waals surface area contributed by atoms with Crippen molar-refractivity contribution in [3.05, 3.63) is 50.6 Å². The molecule has 0 saturated heterocycles. The Morgan fingerprint density at radius 2 is 1.94 bits per heavy atom. The van der Waals surface area contributed by atoms with Crippen LogP contribution >= 0.6 is 34.2 Å². The molecule has 1 N–H and O–H groups in total. The molecule has 0 bridgehead atoms. The first kappa shape index (κ1) is 13.2. The first-order valence-electron chi connectivity index (χ1n) is 5.13. The summed E-state index contributed by atoms with van der Waals surface area (Å²) < 4.78 is 1.10. The van der Waals surface area contributed by atoms with Crippen LogP contribution in [0.2, 0.25) is 5.28 Å². The highest BCUT2D eigenvalue weighted by Gasteiger charge is 2.10. The van der Waals surface area contributed by atoms with E-state index in [-0.39, 0.29) is 16.9 Å². The van der Waals surface area contributed by atoms with Crippen molar-refractivity contribution in [1.82, 2.24) is 9.97 Å². The van der Waals surface area contributed by atoms with Gasteiger partial charge in [0.25, 0.3) is 5.91 Å². The number of hydrogen-bond donors (Lipinski definition) is 1. The second-order valence-electron chi connectivity index (χ2n) is 3.62. The highest BCUT2D eigenvalue weighted by Crippen LogP contribution is 2.13. The Kier molecular flexibility index (Phi) is 4.13. The van der Waals surface area contributed by atoms with E-state index in [4.69, 9.17) is 11.6 Å². The molecule has 4 nitrogen and oxygen atoms in total. The number of anilines is 1. The number of carbonyl (C=O) groups excluding carboxylic acids is 1. The van der Waals surface area contributed by atoms with Crippen molar-refractivity contribution >= 4 is 45.8 Å². The van der Waals surface area contributed by atoms with Crippen LogP contribution in [0.1, 0.15) is 16.2 Å². The van der Waals surface area contributed by atoms with Gasteiger partial charge in [-0.15, -0.1) is 0 Å². The van der Waals surface area contributed by atoms with E-state index in [1.807, 2.05) is 24.3 Å². The van der Waals surface area contributed by atoms with Crippen molar-refractivity contribution in [2.75, 3.05) is 5.32 Å². The average Bonchev–Trinajstić information content (AvgIpc) is 2.31. The zero-order valence-corrected chi connectivity index (χ0v) is 12.4. The zero-order chi connectivity index (χ0) is 13.1. The van der Waals surface area contributed by atoms with E-state index in [2.05, 4.69) is 37.9 Å². The molecule has 0 spiro atoms. The molecule has 0 aliphatic carbocycles. The molecule has 2 aromatic rings. The van der Waals surface area contributed by atoms with Crippen LogP contribution in [0.4, 0.5) is 5.69 Å². The molecule has 0 saturated carbocycles. The predicted octanol–water partition coefficient (Wildman–Crippen LogP) is 3.30. The van der Waals surface area contributed by atoms with Gasteiger partial charge in [0.15, 0.2) is 0 Å². The Labute approximate surface area is 123 Å². The fraction of sp³-hybridized carbons (Fsp3) is 0.0833. The summed E-state index contributed by atoms with van der Waals surface area (Å²) in [5.74, 6) is -0.302. The van der Waals surface area contributed by atoms with Crippen molar-refractivity contribution in [3.63, 3.8) is 0 Å². The maximum Gasteiger partial charge on any atom is 0.274 e. The van der Waals surface area contributed by atoms with E-state index in [0.717, 1.165) is 3.57 Å². The topological polar surface area (TPSA) is 54.9 Å². The molecule has 0 fully saturated rings. The van der Waals surface area contributed by atoms with Crippen LogP contribution in [0, 0.1) is 10.5 Å². The first-order valence-corrected chi connectivity index (χ1v) is 6.58. The maximum atomic E-state index is 11.9. The minimum Gasteiger partial charge on any atom is -0.321 e. The Bertz CT molecular complexity index is 566. The van der Waals surface area contributed by atoms with Gasteiger partial charge in [-0.05, 0) is 71.4 Å². The van der Waals surface area contributed by atoms with E-state index in [9.17, 15) is 4.79 Å². The van der Waals surface area contributed by atoms with Gasteiger partial charge in [-0.2, -0.15) is 0 Å². The van der Waals surface area contributed by atoms with E-state index >= 15 is 0 Å². The van der Waals surface area contributed by atoms with Crippen molar-refractivity contribution in [1.29, 1.82) is 0 Å². The third-order valence-corrected chi connectivity index (χ3v) is 3.05. The molecule has 0 aliphatic heterocycles. The van der Waals surface area contributed by atoms with Crippen LogP contribution < -0.4 is 5.32 Å².